The molecule has 0 saturated heterocycles. The molecule has 0 spiro atoms. The van der Waals surface area contributed by atoms with Crippen molar-refractivity contribution in [1.29, 1.82) is 0 Å². The van der Waals surface area contributed by atoms with Crippen molar-refractivity contribution in [2.75, 3.05) is 0 Å². The summed E-state index contributed by atoms with van der Waals surface area (Å²) in [6.07, 6.45) is 3.94. The lowest BCUT2D eigenvalue weighted by atomic mass is 9.84. The molecule has 11 heavy (non-hydrogen) atoms. The van der Waals surface area contributed by atoms with Crippen LogP contribution in [0.15, 0.2) is 0 Å². The van der Waals surface area contributed by atoms with Gasteiger partial charge in [-0.25, -0.2) is 0 Å². The van der Waals surface area contributed by atoms with E-state index in [0.717, 1.165) is 25.7 Å². The number of ketones is 1. The second-order valence-electron chi connectivity index (χ2n) is 3.33. The molecule has 0 aromatic heterocycles. The third-order valence-electron chi connectivity index (χ3n) is 2.50. The van der Waals surface area contributed by atoms with E-state index in [1.807, 2.05) is 6.92 Å². The van der Waals surface area contributed by atoms with Crippen LogP contribution in [0.4, 0.5) is 0 Å². The lowest BCUT2D eigenvalue weighted by Crippen LogP contribution is -2.23. The molecule has 0 aromatic carbocycles. The molecule has 1 saturated carbocycles. The van der Waals surface area contributed by atoms with Crippen LogP contribution in [0.5, 0.6) is 0 Å². The predicted octanol–water partition coefficient (Wildman–Crippen LogP) is 1.52. The van der Waals surface area contributed by atoms with Gasteiger partial charge in [0.25, 0.3) is 0 Å². The van der Waals surface area contributed by atoms with Gasteiger partial charge in [0.1, 0.15) is 5.78 Å². The number of hydrogen-bond acceptors (Lipinski definition) is 2. The highest BCUT2D eigenvalue weighted by Gasteiger charge is 2.23. The molecule has 2 nitrogen and oxygen atoms in total. The average Bonchev–Trinajstić information content (AvgIpc) is 2.05. The highest BCUT2D eigenvalue weighted by molar-refractivity contribution is 5.80. The summed E-state index contributed by atoms with van der Waals surface area (Å²) in [5.74, 6) is 0.625. The van der Waals surface area contributed by atoms with Crippen molar-refractivity contribution in [3.8, 4) is 0 Å². The van der Waals surface area contributed by atoms with Crippen molar-refractivity contribution in [3.05, 3.63) is 0 Å². The zero-order valence-electron chi connectivity index (χ0n) is 7.05. The van der Waals surface area contributed by atoms with Crippen molar-refractivity contribution in [3.63, 3.8) is 0 Å². The fraction of sp³-hybridized carbons (Fsp3) is 0.889. The van der Waals surface area contributed by atoms with Gasteiger partial charge in [0, 0.05) is 12.3 Å². The lowest BCUT2D eigenvalue weighted by Gasteiger charge is -2.23. The summed E-state index contributed by atoms with van der Waals surface area (Å²) in [6, 6.07) is 0. The largest absolute Gasteiger partial charge is 0.393 e. The smallest absolute Gasteiger partial charge is 0.135 e. The molecular formula is C9H16O2. The van der Waals surface area contributed by atoms with Crippen LogP contribution in [0, 0.1) is 5.92 Å². The first-order valence-corrected chi connectivity index (χ1v) is 4.44. The minimum atomic E-state index is -0.143. The quantitative estimate of drug-likeness (QED) is 0.658. The number of carbonyl (C=O) groups is 1. The Bertz CT molecular complexity index is 134. The van der Waals surface area contributed by atoms with E-state index in [4.69, 9.17) is 0 Å². The van der Waals surface area contributed by atoms with Crippen molar-refractivity contribution in [2.24, 2.45) is 5.92 Å². The van der Waals surface area contributed by atoms with E-state index < -0.39 is 0 Å². The maximum absolute atomic E-state index is 11.2. The number of carbonyl (C=O) groups excluding carboxylic acids is 1. The van der Waals surface area contributed by atoms with Gasteiger partial charge in [-0.05, 0) is 25.7 Å². The van der Waals surface area contributed by atoms with Crippen LogP contribution >= 0.6 is 0 Å². The molecule has 0 radical (unpaired) electrons. The van der Waals surface area contributed by atoms with Gasteiger partial charge < -0.3 is 5.11 Å². The van der Waals surface area contributed by atoms with Gasteiger partial charge in [0.15, 0.2) is 0 Å². The molecule has 1 rings (SSSR count). The van der Waals surface area contributed by atoms with E-state index in [9.17, 15) is 9.90 Å². The highest BCUT2D eigenvalue weighted by atomic mass is 16.3. The van der Waals surface area contributed by atoms with Crippen molar-refractivity contribution in [2.45, 2.75) is 45.1 Å². The van der Waals surface area contributed by atoms with Crippen LogP contribution in [0.25, 0.3) is 0 Å². The fourth-order valence-electron chi connectivity index (χ4n) is 1.69. The molecule has 1 aliphatic rings. The van der Waals surface area contributed by atoms with Gasteiger partial charge in [0.2, 0.25) is 0 Å². The predicted molar refractivity (Wildman–Crippen MR) is 43.3 cm³/mol. The normalized spacial score (nSPS) is 31.8. The first kappa shape index (κ1) is 8.72. The van der Waals surface area contributed by atoms with Gasteiger partial charge >= 0.3 is 0 Å². The second kappa shape index (κ2) is 3.86. The summed E-state index contributed by atoms with van der Waals surface area (Å²) in [6.45, 7) is 1.91. The molecule has 0 unspecified atom stereocenters. The van der Waals surface area contributed by atoms with Crippen molar-refractivity contribution in [1.82, 2.24) is 0 Å². The second-order valence-corrected chi connectivity index (χ2v) is 3.33. The van der Waals surface area contributed by atoms with E-state index in [1.165, 1.54) is 0 Å². The van der Waals surface area contributed by atoms with E-state index >= 15 is 0 Å². The number of aliphatic hydroxyl groups excluding tert-OH is 1. The number of hydrogen-bond donors (Lipinski definition) is 1. The first-order valence-electron chi connectivity index (χ1n) is 4.44. The highest BCUT2D eigenvalue weighted by Crippen LogP contribution is 2.25. The van der Waals surface area contributed by atoms with Crippen LogP contribution < -0.4 is 0 Å². The lowest BCUT2D eigenvalue weighted by molar-refractivity contribution is -0.124. The molecule has 0 amide bonds. The Balaban J connectivity index is 2.33. The van der Waals surface area contributed by atoms with Gasteiger partial charge in [-0.3, -0.25) is 4.79 Å². The Morgan fingerprint density at radius 2 is 1.91 bits per heavy atom. The van der Waals surface area contributed by atoms with Gasteiger partial charge in [-0.15, -0.1) is 0 Å². The third-order valence-corrected chi connectivity index (χ3v) is 2.50. The Morgan fingerprint density at radius 1 is 1.36 bits per heavy atom. The summed E-state index contributed by atoms with van der Waals surface area (Å²) >= 11 is 0. The van der Waals surface area contributed by atoms with Crippen LogP contribution in [-0.2, 0) is 4.79 Å². The Labute approximate surface area is 67.6 Å². The van der Waals surface area contributed by atoms with E-state index in [1.54, 1.807) is 0 Å². The summed E-state index contributed by atoms with van der Waals surface area (Å²) in [7, 11) is 0. The standard InChI is InChI=1S/C9H16O2/c1-2-9(11)7-3-5-8(10)6-4-7/h7-8,10H,2-6H2,1H3. The minimum Gasteiger partial charge on any atom is -0.393 e. The van der Waals surface area contributed by atoms with Crippen molar-refractivity contribution >= 4 is 5.78 Å². The van der Waals surface area contributed by atoms with Gasteiger partial charge in [-0.1, -0.05) is 6.92 Å². The van der Waals surface area contributed by atoms with E-state index in [-0.39, 0.29) is 12.0 Å². The summed E-state index contributed by atoms with van der Waals surface area (Å²) in [5.41, 5.74) is 0. The molecule has 2 heteroatoms. The van der Waals surface area contributed by atoms with Gasteiger partial charge in [0.05, 0.1) is 6.10 Å². The Kier molecular flexibility index (Phi) is 3.06. The molecule has 64 valence electrons. The molecule has 1 N–H and O–H groups in total. The van der Waals surface area contributed by atoms with Crippen LogP contribution in [-0.4, -0.2) is 17.0 Å². The van der Waals surface area contributed by atoms with Crippen molar-refractivity contribution < 1.29 is 9.90 Å². The summed E-state index contributed by atoms with van der Waals surface area (Å²) < 4.78 is 0. The molecule has 0 aliphatic heterocycles. The molecule has 1 aliphatic carbocycles. The zero-order valence-corrected chi connectivity index (χ0v) is 7.05. The molecule has 0 bridgehead atoms. The van der Waals surface area contributed by atoms with Crippen LogP contribution in [0.3, 0.4) is 0 Å². The molecule has 0 atom stereocenters. The van der Waals surface area contributed by atoms with E-state index in [0.29, 0.717) is 12.2 Å². The Morgan fingerprint density at radius 3 is 2.36 bits per heavy atom. The Hall–Kier alpha value is -0.370. The SMILES string of the molecule is CCC(=O)C1CCC(O)CC1. The summed E-state index contributed by atoms with van der Waals surface area (Å²) in [5, 5.41) is 9.17. The average molecular weight is 156 g/mol. The molecular weight excluding hydrogens is 140 g/mol. The van der Waals surface area contributed by atoms with Crippen LogP contribution in [0.1, 0.15) is 39.0 Å². The molecule has 0 heterocycles. The number of rotatable bonds is 2. The maximum Gasteiger partial charge on any atom is 0.135 e. The van der Waals surface area contributed by atoms with Gasteiger partial charge in [-0.2, -0.15) is 0 Å². The third kappa shape index (κ3) is 2.29. The maximum atomic E-state index is 11.2. The monoisotopic (exact) mass is 156 g/mol. The zero-order chi connectivity index (χ0) is 8.27. The molecule has 1 fully saturated rings. The fourth-order valence-corrected chi connectivity index (χ4v) is 1.69. The van der Waals surface area contributed by atoms with E-state index in [2.05, 4.69) is 0 Å². The number of Topliss-reactive ketones (excluding diaryl/α,β-unsaturated/α-hetero) is 1. The minimum absolute atomic E-state index is 0.143. The molecule has 0 aromatic rings. The van der Waals surface area contributed by atoms with Crippen LogP contribution in [0.2, 0.25) is 0 Å². The first-order chi connectivity index (χ1) is 5.24. The topological polar surface area (TPSA) is 37.3 Å². The number of aliphatic hydroxyl groups is 1. The summed E-state index contributed by atoms with van der Waals surface area (Å²) in [4.78, 5) is 11.2.